The maximum Gasteiger partial charge on any atom is 0.119 e. The van der Waals surface area contributed by atoms with Crippen molar-refractivity contribution in [1.29, 1.82) is 0 Å². The third-order valence-corrected chi connectivity index (χ3v) is 3.67. The Bertz CT molecular complexity index is 348. The van der Waals surface area contributed by atoms with Crippen LogP contribution in [0, 0.1) is 0 Å². The number of rotatable bonds is 5. The van der Waals surface area contributed by atoms with Crippen molar-refractivity contribution in [2.75, 3.05) is 13.1 Å². The Morgan fingerprint density at radius 2 is 2.00 bits per heavy atom. The van der Waals surface area contributed by atoms with E-state index < -0.39 is 0 Å². The van der Waals surface area contributed by atoms with E-state index in [4.69, 9.17) is 5.73 Å². The molecule has 1 fully saturated rings. The summed E-state index contributed by atoms with van der Waals surface area (Å²) in [5.41, 5.74) is 6.77. The van der Waals surface area contributed by atoms with E-state index in [0.717, 1.165) is 12.1 Å². The average Bonchev–Trinajstić information content (AvgIpc) is 2.85. The second kappa shape index (κ2) is 6.03. The van der Waals surface area contributed by atoms with E-state index in [2.05, 4.69) is 5.32 Å². The van der Waals surface area contributed by atoms with Crippen LogP contribution in [-0.2, 0) is 0 Å². The molecule has 1 atom stereocenters. The number of phenolic OH excluding ortho intramolecular Hbond substituents is 1. The van der Waals surface area contributed by atoms with Crippen LogP contribution in [0.5, 0.6) is 5.75 Å². The summed E-state index contributed by atoms with van der Waals surface area (Å²) in [5, 5.41) is 13.4. The molecule has 0 radical (unpaired) electrons. The summed E-state index contributed by atoms with van der Waals surface area (Å²) in [7, 11) is 0. The van der Waals surface area contributed by atoms with Crippen LogP contribution >= 0.6 is 0 Å². The first-order valence-electron chi connectivity index (χ1n) is 6.52. The Kier molecular flexibility index (Phi) is 4.40. The van der Waals surface area contributed by atoms with Crippen molar-refractivity contribution >= 4 is 0 Å². The van der Waals surface area contributed by atoms with Gasteiger partial charge in [-0.05, 0) is 24.5 Å². The molecule has 0 bridgehead atoms. The topological polar surface area (TPSA) is 58.3 Å². The molecule has 1 unspecified atom stereocenters. The molecule has 1 aromatic rings. The minimum atomic E-state index is 0.205. The van der Waals surface area contributed by atoms with E-state index in [0.29, 0.717) is 18.3 Å². The summed E-state index contributed by atoms with van der Waals surface area (Å²) in [6, 6.07) is 8.14. The third-order valence-electron chi connectivity index (χ3n) is 3.67. The fraction of sp³-hybridized carbons (Fsp3) is 0.571. The summed E-state index contributed by atoms with van der Waals surface area (Å²) in [5.74, 6) is 0.563. The van der Waals surface area contributed by atoms with Crippen LogP contribution in [0.1, 0.15) is 37.2 Å². The van der Waals surface area contributed by atoms with Gasteiger partial charge < -0.3 is 16.2 Å². The zero-order valence-electron chi connectivity index (χ0n) is 10.2. The first-order valence-corrected chi connectivity index (χ1v) is 6.52. The van der Waals surface area contributed by atoms with E-state index in [1.54, 1.807) is 6.07 Å². The molecular formula is C14H22N2O. The van der Waals surface area contributed by atoms with Crippen LogP contribution in [0.15, 0.2) is 24.3 Å². The minimum absolute atomic E-state index is 0.205. The van der Waals surface area contributed by atoms with E-state index >= 15 is 0 Å². The fourth-order valence-corrected chi connectivity index (χ4v) is 2.59. The molecule has 0 amide bonds. The number of para-hydroxylation sites is 1. The Hall–Kier alpha value is -1.06. The van der Waals surface area contributed by atoms with E-state index in [-0.39, 0.29) is 5.92 Å². The van der Waals surface area contributed by atoms with Gasteiger partial charge in [-0.3, -0.25) is 0 Å². The molecule has 1 saturated carbocycles. The van der Waals surface area contributed by atoms with E-state index in [1.165, 1.54) is 25.7 Å². The first-order chi connectivity index (χ1) is 8.31. The number of hydrogen-bond donors (Lipinski definition) is 3. The molecule has 0 heterocycles. The van der Waals surface area contributed by atoms with E-state index in [9.17, 15) is 5.11 Å². The van der Waals surface area contributed by atoms with Crippen molar-refractivity contribution < 1.29 is 5.11 Å². The number of nitrogens with one attached hydrogen (secondary N) is 1. The molecular weight excluding hydrogens is 212 g/mol. The lowest BCUT2D eigenvalue weighted by Crippen LogP contribution is -2.33. The molecule has 1 aliphatic rings. The summed E-state index contributed by atoms with van der Waals surface area (Å²) in [6.07, 6.45) is 5.22. The monoisotopic (exact) mass is 234 g/mol. The maximum atomic E-state index is 9.82. The van der Waals surface area contributed by atoms with Crippen molar-refractivity contribution in [3.63, 3.8) is 0 Å². The lowest BCUT2D eigenvalue weighted by molar-refractivity contribution is 0.446. The van der Waals surface area contributed by atoms with Gasteiger partial charge in [0.2, 0.25) is 0 Å². The van der Waals surface area contributed by atoms with Gasteiger partial charge in [-0.1, -0.05) is 31.0 Å². The molecule has 94 valence electrons. The fourth-order valence-electron chi connectivity index (χ4n) is 2.59. The second-order valence-corrected chi connectivity index (χ2v) is 4.88. The van der Waals surface area contributed by atoms with Crippen molar-refractivity contribution in [1.82, 2.24) is 5.32 Å². The SMILES string of the molecule is NCC(CNC1CCCC1)c1ccccc1O. The highest BCUT2D eigenvalue weighted by Crippen LogP contribution is 2.25. The third kappa shape index (κ3) is 3.20. The van der Waals surface area contributed by atoms with Gasteiger partial charge in [0.05, 0.1) is 0 Å². The predicted molar refractivity (Wildman–Crippen MR) is 70.2 cm³/mol. The number of phenols is 1. The van der Waals surface area contributed by atoms with Crippen molar-refractivity contribution in [3.8, 4) is 5.75 Å². The van der Waals surface area contributed by atoms with Crippen molar-refractivity contribution in [2.45, 2.75) is 37.6 Å². The van der Waals surface area contributed by atoms with Gasteiger partial charge in [0, 0.05) is 25.0 Å². The lowest BCUT2D eigenvalue weighted by Gasteiger charge is -2.20. The smallest absolute Gasteiger partial charge is 0.119 e. The zero-order valence-corrected chi connectivity index (χ0v) is 10.2. The molecule has 3 nitrogen and oxygen atoms in total. The first kappa shape index (κ1) is 12.4. The van der Waals surface area contributed by atoms with Gasteiger partial charge >= 0.3 is 0 Å². The van der Waals surface area contributed by atoms with Crippen LogP contribution in [0.2, 0.25) is 0 Å². The summed E-state index contributed by atoms with van der Waals surface area (Å²) in [4.78, 5) is 0. The number of aromatic hydroxyl groups is 1. The zero-order chi connectivity index (χ0) is 12.1. The number of hydrogen-bond acceptors (Lipinski definition) is 3. The van der Waals surface area contributed by atoms with Crippen LogP contribution in [0.3, 0.4) is 0 Å². The molecule has 0 saturated heterocycles. The van der Waals surface area contributed by atoms with Crippen LogP contribution < -0.4 is 11.1 Å². The summed E-state index contributed by atoms with van der Waals surface area (Å²) < 4.78 is 0. The average molecular weight is 234 g/mol. The van der Waals surface area contributed by atoms with Gasteiger partial charge in [0.15, 0.2) is 0 Å². The van der Waals surface area contributed by atoms with Gasteiger partial charge in [0.25, 0.3) is 0 Å². The standard InChI is InChI=1S/C14H22N2O/c15-9-11(10-16-12-5-1-2-6-12)13-7-3-4-8-14(13)17/h3-4,7-8,11-12,16-17H,1-2,5-6,9-10,15H2. The summed E-state index contributed by atoms with van der Waals surface area (Å²) >= 11 is 0. The molecule has 0 spiro atoms. The summed E-state index contributed by atoms with van der Waals surface area (Å²) in [6.45, 7) is 1.43. The van der Waals surface area contributed by atoms with Gasteiger partial charge in [-0.2, -0.15) is 0 Å². The molecule has 3 heteroatoms. The van der Waals surface area contributed by atoms with Crippen molar-refractivity contribution in [2.24, 2.45) is 5.73 Å². The Morgan fingerprint density at radius 3 is 2.65 bits per heavy atom. The Labute approximate surface area is 103 Å². The highest BCUT2D eigenvalue weighted by atomic mass is 16.3. The predicted octanol–water partition coefficient (Wildman–Crippen LogP) is 1.97. The molecule has 17 heavy (non-hydrogen) atoms. The Morgan fingerprint density at radius 1 is 1.29 bits per heavy atom. The quantitative estimate of drug-likeness (QED) is 0.730. The number of nitrogens with two attached hydrogens (primary N) is 1. The van der Waals surface area contributed by atoms with Crippen LogP contribution in [0.25, 0.3) is 0 Å². The largest absolute Gasteiger partial charge is 0.508 e. The second-order valence-electron chi connectivity index (χ2n) is 4.88. The van der Waals surface area contributed by atoms with Crippen molar-refractivity contribution in [3.05, 3.63) is 29.8 Å². The van der Waals surface area contributed by atoms with Gasteiger partial charge in [0.1, 0.15) is 5.75 Å². The van der Waals surface area contributed by atoms with Gasteiger partial charge in [-0.25, -0.2) is 0 Å². The molecule has 4 N–H and O–H groups in total. The maximum absolute atomic E-state index is 9.82. The highest BCUT2D eigenvalue weighted by molar-refractivity contribution is 5.35. The lowest BCUT2D eigenvalue weighted by atomic mass is 9.98. The van der Waals surface area contributed by atoms with Crippen LogP contribution in [-0.4, -0.2) is 24.2 Å². The molecule has 2 rings (SSSR count). The highest BCUT2D eigenvalue weighted by Gasteiger charge is 2.18. The minimum Gasteiger partial charge on any atom is -0.508 e. The van der Waals surface area contributed by atoms with Gasteiger partial charge in [-0.15, -0.1) is 0 Å². The normalized spacial score (nSPS) is 18.4. The van der Waals surface area contributed by atoms with E-state index in [1.807, 2.05) is 18.2 Å². The Balaban J connectivity index is 1.94. The molecule has 0 aromatic heterocycles. The molecule has 1 aromatic carbocycles. The van der Waals surface area contributed by atoms with Crippen LogP contribution in [0.4, 0.5) is 0 Å². The molecule has 0 aliphatic heterocycles. The number of benzene rings is 1. The molecule has 1 aliphatic carbocycles.